The monoisotopic (exact) mass is 317 g/mol. The van der Waals surface area contributed by atoms with E-state index in [1.807, 2.05) is 19.1 Å². The zero-order chi connectivity index (χ0) is 13.5. The van der Waals surface area contributed by atoms with E-state index in [0.717, 1.165) is 16.5 Å². The van der Waals surface area contributed by atoms with Crippen LogP contribution in [-0.2, 0) is 6.54 Å². The molecule has 0 heterocycles. The normalized spacial score (nSPS) is 12.3. The highest BCUT2D eigenvalue weighted by Crippen LogP contribution is 2.36. The first kappa shape index (κ1) is 15.3. The Bertz CT molecular complexity index is 381. The van der Waals surface area contributed by atoms with Crippen LogP contribution in [0.15, 0.2) is 16.6 Å². The Balaban J connectivity index is 2.81. The van der Waals surface area contributed by atoms with Crippen molar-refractivity contribution in [3.8, 4) is 11.5 Å². The second-order valence-electron chi connectivity index (χ2n) is 3.98. The molecule has 4 nitrogen and oxygen atoms in total. The van der Waals surface area contributed by atoms with Crippen LogP contribution in [0.2, 0.25) is 0 Å². The van der Waals surface area contributed by atoms with E-state index in [4.69, 9.17) is 14.6 Å². The van der Waals surface area contributed by atoms with Crippen LogP contribution in [0.3, 0.4) is 0 Å². The molecule has 1 rings (SSSR count). The number of hydrogen-bond donors (Lipinski definition) is 2. The van der Waals surface area contributed by atoms with Crippen LogP contribution in [-0.4, -0.2) is 32.0 Å². The third-order valence-corrected chi connectivity index (χ3v) is 3.39. The molecular weight excluding hydrogens is 298 g/mol. The van der Waals surface area contributed by atoms with Crippen molar-refractivity contribution in [1.82, 2.24) is 5.32 Å². The molecule has 0 saturated carbocycles. The van der Waals surface area contributed by atoms with Crippen LogP contribution < -0.4 is 14.8 Å². The first-order valence-electron chi connectivity index (χ1n) is 5.90. The van der Waals surface area contributed by atoms with Gasteiger partial charge < -0.3 is 19.9 Å². The highest BCUT2D eigenvalue weighted by molar-refractivity contribution is 9.10. The molecule has 0 unspecified atom stereocenters. The Labute approximate surface area is 116 Å². The summed E-state index contributed by atoms with van der Waals surface area (Å²) in [4.78, 5) is 0. The predicted octanol–water partition coefficient (Wildman–Crippen LogP) is 2.33. The summed E-state index contributed by atoms with van der Waals surface area (Å²) in [5, 5.41) is 12.4. The average molecular weight is 318 g/mol. The smallest absolute Gasteiger partial charge is 0.174 e. The van der Waals surface area contributed by atoms with Crippen molar-refractivity contribution >= 4 is 15.9 Å². The van der Waals surface area contributed by atoms with Gasteiger partial charge in [0.05, 0.1) is 25.3 Å². The molecule has 0 bridgehead atoms. The molecule has 0 aromatic heterocycles. The fraction of sp³-hybridized carbons (Fsp3) is 0.538. The third kappa shape index (κ3) is 3.86. The number of nitrogens with one attached hydrogen (secondary N) is 1. The molecular formula is C13H20BrNO3. The second kappa shape index (κ2) is 7.61. The Morgan fingerprint density at radius 2 is 2.06 bits per heavy atom. The lowest BCUT2D eigenvalue weighted by atomic mass is 10.1. The first-order valence-corrected chi connectivity index (χ1v) is 6.70. The SMILES string of the molecule is CC[C@@H](CO)NCc1cc(Br)c(OC)c(OC)c1. The Morgan fingerprint density at radius 1 is 1.33 bits per heavy atom. The van der Waals surface area contributed by atoms with Crippen molar-refractivity contribution < 1.29 is 14.6 Å². The summed E-state index contributed by atoms with van der Waals surface area (Å²) < 4.78 is 11.4. The van der Waals surface area contributed by atoms with Crippen molar-refractivity contribution in [3.05, 3.63) is 22.2 Å². The minimum Gasteiger partial charge on any atom is -0.493 e. The van der Waals surface area contributed by atoms with Crippen LogP contribution in [0.1, 0.15) is 18.9 Å². The van der Waals surface area contributed by atoms with E-state index in [1.165, 1.54) is 0 Å². The quantitative estimate of drug-likeness (QED) is 0.810. The van der Waals surface area contributed by atoms with Gasteiger partial charge in [0.15, 0.2) is 11.5 Å². The third-order valence-electron chi connectivity index (χ3n) is 2.80. The largest absolute Gasteiger partial charge is 0.493 e. The first-order chi connectivity index (χ1) is 8.65. The van der Waals surface area contributed by atoms with Gasteiger partial charge in [-0.2, -0.15) is 0 Å². The molecule has 0 saturated heterocycles. The fourth-order valence-corrected chi connectivity index (χ4v) is 2.32. The van der Waals surface area contributed by atoms with Crippen molar-refractivity contribution in [3.63, 3.8) is 0 Å². The molecule has 0 aliphatic heterocycles. The van der Waals surface area contributed by atoms with Gasteiger partial charge in [-0.1, -0.05) is 6.92 Å². The molecule has 1 aromatic rings. The van der Waals surface area contributed by atoms with E-state index < -0.39 is 0 Å². The number of rotatable bonds is 7. The topological polar surface area (TPSA) is 50.7 Å². The molecule has 0 aliphatic carbocycles. The van der Waals surface area contributed by atoms with Gasteiger partial charge in [0.1, 0.15) is 0 Å². The average Bonchev–Trinajstić information content (AvgIpc) is 2.39. The van der Waals surface area contributed by atoms with Gasteiger partial charge in [0, 0.05) is 12.6 Å². The summed E-state index contributed by atoms with van der Waals surface area (Å²) in [5.41, 5.74) is 1.08. The maximum absolute atomic E-state index is 9.13. The summed E-state index contributed by atoms with van der Waals surface area (Å²) in [6.07, 6.45) is 0.894. The summed E-state index contributed by atoms with van der Waals surface area (Å²) in [5.74, 6) is 1.39. The Morgan fingerprint density at radius 3 is 2.56 bits per heavy atom. The fourth-order valence-electron chi connectivity index (χ4n) is 1.67. The molecule has 0 spiro atoms. The molecule has 0 radical (unpaired) electrons. The van der Waals surface area contributed by atoms with Crippen LogP contribution >= 0.6 is 15.9 Å². The second-order valence-corrected chi connectivity index (χ2v) is 4.84. The molecule has 0 aliphatic rings. The van der Waals surface area contributed by atoms with E-state index in [1.54, 1.807) is 14.2 Å². The van der Waals surface area contributed by atoms with Crippen molar-refractivity contribution in [1.29, 1.82) is 0 Å². The van der Waals surface area contributed by atoms with Crippen LogP contribution in [0.25, 0.3) is 0 Å². The Hall–Kier alpha value is -0.780. The predicted molar refractivity (Wildman–Crippen MR) is 75.3 cm³/mol. The molecule has 2 N–H and O–H groups in total. The van der Waals surface area contributed by atoms with Crippen LogP contribution in [0.4, 0.5) is 0 Å². The standard InChI is InChI=1S/C13H20BrNO3/c1-4-10(8-16)15-7-9-5-11(14)13(18-3)12(6-9)17-2/h5-6,10,15-16H,4,7-8H2,1-3H3/t10-/m0/s1. The molecule has 0 amide bonds. The zero-order valence-corrected chi connectivity index (χ0v) is 12.6. The summed E-state index contributed by atoms with van der Waals surface area (Å²) in [7, 11) is 3.23. The summed E-state index contributed by atoms with van der Waals surface area (Å²) in [6.45, 7) is 2.86. The van der Waals surface area contributed by atoms with Gasteiger partial charge in [-0.3, -0.25) is 0 Å². The Kier molecular flexibility index (Phi) is 6.46. The lowest BCUT2D eigenvalue weighted by Gasteiger charge is -2.16. The van der Waals surface area contributed by atoms with Crippen LogP contribution in [0.5, 0.6) is 11.5 Å². The van der Waals surface area contributed by atoms with E-state index in [-0.39, 0.29) is 12.6 Å². The van der Waals surface area contributed by atoms with Gasteiger partial charge in [-0.25, -0.2) is 0 Å². The number of aliphatic hydroxyl groups excluding tert-OH is 1. The summed E-state index contributed by atoms with van der Waals surface area (Å²) >= 11 is 3.46. The van der Waals surface area contributed by atoms with Gasteiger partial charge in [0.2, 0.25) is 0 Å². The number of aliphatic hydroxyl groups is 1. The number of ether oxygens (including phenoxy) is 2. The minimum absolute atomic E-state index is 0.122. The zero-order valence-electron chi connectivity index (χ0n) is 11.0. The highest BCUT2D eigenvalue weighted by atomic mass is 79.9. The van der Waals surface area contributed by atoms with Gasteiger partial charge in [0.25, 0.3) is 0 Å². The van der Waals surface area contributed by atoms with Crippen molar-refractivity contribution in [2.45, 2.75) is 25.9 Å². The van der Waals surface area contributed by atoms with Crippen LogP contribution in [0, 0.1) is 0 Å². The number of halogens is 1. The van der Waals surface area contributed by atoms with E-state index in [0.29, 0.717) is 18.0 Å². The van der Waals surface area contributed by atoms with E-state index >= 15 is 0 Å². The maximum atomic E-state index is 9.13. The highest BCUT2D eigenvalue weighted by Gasteiger charge is 2.11. The minimum atomic E-state index is 0.122. The maximum Gasteiger partial charge on any atom is 0.174 e. The molecule has 0 fully saturated rings. The lowest BCUT2D eigenvalue weighted by Crippen LogP contribution is -2.31. The molecule has 102 valence electrons. The van der Waals surface area contributed by atoms with Crippen molar-refractivity contribution in [2.24, 2.45) is 0 Å². The molecule has 1 aromatic carbocycles. The number of hydrogen-bond acceptors (Lipinski definition) is 4. The van der Waals surface area contributed by atoms with Gasteiger partial charge in [-0.05, 0) is 40.0 Å². The van der Waals surface area contributed by atoms with E-state index in [2.05, 4.69) is 21.2 Å². The molecule has 1 atom stereocenters. The summed E-state index contributed by atoms with van der Waals surface area (Å²) in [6, 6.07) is 4.04. The molecule has 5 heteroatoms. The molecule has 18 heavy (non-hydrogen) atoms. The van der Waals surface area contributed by atoms with Gasteiger partial charge >= 0.3 is 0 Å². The van der Waals surface area contributed by atoms with Crippen molar-refractivity contribution in [2.75, 3.05) is 20.8 Å². The number of methoxy groups -OCH3 is 2. The number of benzene rings is 1. The van der Waals surface area contributed by atoms with E-state index in [9.17, 15) is 0 Å². The lowest BCUT2D eigenvalue weighted by molar-refractivity contribution is 0.238. The van der Waals surface area contributed by atoms with Gasteiger partial charge in [-0.15, -0.1) is 0 Å².